The number of rotatable bonds is 18. The van der Waals surface area contributed by atoms with Gasteiger partial charge in [-0.1, -0.05) is 450 Å². The van der Waals surface area contributed by atoms with Crippen LogP contribution in [0.15, 0.2) is 400 Å². The summed E-state index contributed by atoms with van der Waals surface area (Å²) in [5.41, 5.74) is 55.1. The molecule has 0 nitrogen and oxygen atoms in total. The number of hydrogen-bond donors (Lipinski definition) is 0. The third kappa shape index (κ3) is 25.7. The van der Waals surface area contributed by atoms with Gasteiger partial charge < -0.3 is 0 Å². The molecule has 0 aromatic heterocycles. The van der Waals surface area contributed by atoms with Gasteiger partial charge in [0.15, 0.2) is 0 Å². The van der Waals surface area contributed by atoms with Crippen molar-refractivity contribution in [2.45, 2.75) is 163 Å². The number of benzene rings is 18. The van der Waals surface area contributed by atoms with Gasteiger partial charge in [0.05, 0.1) is 0 Å². The molecular weight excluding hydrogens is 1590 g/mol. The predicted molar refractivity (Wildman–Crippen MR) is 577 cm³/mol. The van der Waals surface area contributed by atoms with Crippen LogP contribution in [0.3, 0.4) is 0 Å². The third-order valence-electron chi connectivity index (χ3n) is 25.6. The van der Waals surface area contributed by atoms with Crippen LogP contribution in [-0.2, 0) is 38.5 Å². The van der Waals surface area contributed by atoms with E-state index in [1.807, 2.05) is 0 Å². The third-order valence-corrected chi connectivity index (χ3v) is 25.6. The lowest BCUT2D eigenvalue weighted by molar-refractivity contribution is 1.13. The molecule has 0 fully saturated rings. The zero-order valence-electron chi connectivity index (χ0n) is 81.3. The Labute approximate surface area is 791 Å². The summed E-state index contributed by atoms with van der Waals surface area (Å²) in [7, 11) is 0. The molecule has 0 heterocycles. The van der Waals surface area contributed by atoms with Gasteiger partial charge >= 0.3 is 0 Å². The first-order valence-electron chi connectivity index (χ1n) is 47.6. The molecule has 18 rings (SSSR count). The Morgan fingerprint density at radius 1 is 0.121 bits per heavy atom. The van der Waals surface area contributed by atoms with Crippen molar-refractivity contribution in [3.63, 3.8) is 0 Å². The van der Waals surface area contributed by atoms with E-state index in [2.05, 4.69) is 525 Å². The van der Waals surface area contributed by atoms with E-state index in [1.165, 1.54) is 234 Å². The van der Waals surface area contributed by atoms with Gasteiger partial charge in [-0.2, -0.15) is 0 Å². The highest BCUT2D eigenvalue weighted by molar-refractivity contribution is 5.82. The molecule has 0 saturated carbocycles. The molecule has 660 valence electrons. The zero-order valence-corrected chi connectivity index (χ0v) is 81.3. The Morgan fingerprint density at radius 2 is 0.318 bits per heavy atom. The summed E-state index contributed by atoms with van der Waals surface area (Å²) in [5.74, 6) is 0. The second-order valence-corrected chi connectivity index (χ2v) is 35.7. The quantitative estimate of drug-likeness (QED) is 0.0803. The lowest BCUT2D eigenvalue weighted by Crippen LogP contribution is -1.90. The van der Waals surface area contributed by atoms with Crippen LogP contribution in [0, 0.1) is 83.1 Å². The Kier molecular flexibility index (Phi) is 33.6. The number of hydrogen-bond acceptors (Lipinski definition) is 0. The van der Waals surface area contributed by atoms with E-state index >= 15 is 0 Å². The molecule has 0 saturated heterocycles. The Morgan fingerprint density at radius 3 is 0.568 bits per heavy atom. The van der Waals surface area contributed by atoms with Crippen LogP contribution in [0.25, 0.3) is 134 Å². The zero-order chi connectivity index (χ0) is 93.2. The average Bonchev–Trinajstić information content (AvgIpc) is 0.824. The van der Waals surface area contributed by atoms with Crippen LogP contribution >= 0.6 is 0 Å². The maximum atomic E-state index is 2.34. The molecule has 0 N–H and O–H groups in total. The van der Waals surface area contributed by atoms with Crippen LogP contribution < -0.4 is 0 Å². The van der Waals surface area contributed by atoms with Crippen LogP contribution in [-0.4, -0.2) is 0 Å². The molecule has 0 aliphatic rings. The maximum Gasteiger partial charge on any atom is -0.0146 e. The summed E-state index contributed by atoms with van der Waals surface area (Å²) in [6.07, 6.45) is 6.46. The van der Waals surface area contributed by atoms with Crippen molar-refractivity contribution < 1.29 is 0 Å². The smallest absolute Gasteiger partial charge is 0.0146 e. The fourth-order valence-corrected chi connectivity index (χ4v) is 16.9. The standard InChI is InChI=1S/2C23H24.2C22H22.2C21H20/c1-4-18-8-12-20(13-9-18)22-15-14-19(5-2)23(16-22)21-10-6-17(3)7-11-21;1-4-18-8-12-21(13-9-18)23-16-22(15-14-19(23)5-2)20-10-6-17(3)7-11-20;1-4-18-8-13-19(14-9-18)21-12-7-17(3)22(15-21)20-10-5-16(2)6-11-20;1-4-18-8-13-20(14-9-18)22-15-21(12-7-17(22)3)19-10-5-16(2)6-11-19;1-15-4-9-18(10-5-15)20-13-8-17(3)21(14-20)19-11-6-16(2)7-12-19;1-15-7-10-18(11-8-15)19-5-4-6-20(14-19)21-12-9-16(2)13-17(21)3/h2*6-16H,4-5H2,1-3H3;2*5-15H,4H2,1-3H3;2*4-14H,1-3H3. The van der Waals surface area contributed by atoms with E-state index in [4.69, 9.17) is 0 Å². The van der Waals surface area contributed by atoms with Crippen molar-refractivity contribution in [1.82, 2.24) is 0 Å². The lowest BCUT2D eigenvalue weighted by atomic mass is 9.92. The summed E-state index contributed by atoms with van der Waals surface area (Å²) in [6, 6.07) is 146. The van der Waals surface area contributed by atoms with E-state index in [-0.39, 0.29) is 0 Å². The minimum absolute atomic E-state index is 1.05. The molecule has 0 unspecified atom stereocenters. The average molecular weight is 1720 g/mol. The fourth-order valence-electron chi connectivity index (χ4n) is 16.9. The Hall–Kier alpha value is -14.0. The predicted octanol–water partition coefficient (Wildman–Crippen LogP) is 37.2. The van der Waals surface area contributed by atoms with Crippen LogP contribution in [0.4, 0.5) is 0 Å². The first kappa shape index (κ1) is 95.5. The van der Waals surface area contributed by atoms with Gasteiger partial charge in [0.25, 0.3) is 0 Å². The van der Waals surface area contributed by atoms with Gasteiger partial charge in [-0.15, -0.1) is 0 Å². The summed E-state index contributed by atoms with van der Waals surface area (Å²) in [4.78, 5) is 0. The van der Waals surface area contributed by atoms with Gasteiger partial charge in [-0.3, -0.25) is 0 Å². The highest BCUT2D eigenvalue weighted by Gasteiger charge is 2.15. The summed E-state index contributed by atoms with van der Waals surface area (Å²) in [6.45, 7) is 39.0. The van der Waals surface area contributed by atoms with Crippen molar-refractivity contribution in [3.8, 4) is 134 Å². The van der Waals surface area contributed by atoms with Crippen LogP contribution in [0.1, 0.15) is 142 Å². The van der Waals surface area contributed by atoms with Crippen molar-refractivity contribution >= 4 is 0 Å². The molecular formula is C132H132. The van der Waals surface area contributed by atoms with Gasteiger partial charge in [0, 0.05) is 0 Å². The van der Waals surface area contributed by atoms with E-state index < -0.39 is 0 Å². The highest BCUT2D eigenvalue weighted by Crippen LogP contribution is 2.38. The SMILES string of the molecule is CCc1ccc(-c2cc(-c3ccc(C)cc3)ccc2C)cc1.CCc1ccc(-c2cc(-c3ccc(C)cc3)ccc2CC)cc1.CCc1ccc(-c2ccc(C)c(-c3ccc(C)cc3)c2)cc1.CCc1ccc(-c2ccc(CC)c(-c3ccc(C)cc3)c2)cc1.Cc1ccc(-c2ccc(C)c(-c3ccc(C)cc3)c2)cc1.Cc1ccc(-c2cccc(-c3ccc(C)cc3C)c2)cc1. The molecule has 0 spiro atoms. The molecule has 18 aromatic carbocycles. The Balaban J connectivity index is 0.000000135. The van der Waals surface area contributed by atoms with E-state index in [9.17, 15) is 0 Å². The van der Waals surface area contributed by atoms with Gasteiger partial charge in [-0.25, -0.2) is 0 Å². The van der Waals surface area contributed by atoms with Crippen molar-refractivity contribution in [2.24, 2.45) is 0 Å². The summed E-state index contributed by atoms with van der Waals surface area (Å²) < 4.78 is 0. The number of aryl methyl sites for hydroxylation is 18. The molecule has 132 heavy (non-hydrogen) atoms. The van der Waals surface area contributed by atoms with Gasteiger partial charge in [-0.05, 0) is 347 Å². The summed E-state index contributed by atoms with van der Waals surface area (Å²) in [5, 5.41) is 0. The minimum atomic E-state index is 1.05. The summed E-state index contributed by atoms with van der Waals surface area (Å²) >= 11 is 0. The molecule has 18 aromatic rings. The molecule has 0 aliphatic carbocycles. The van der Waals surface area contributed by atoms with Gasteiger partial charge in [0.2, 0.25) is 0 Å². The first-order valence-corrected chi connectivity index (χ1v) is 47.6. The lowest BCUT2D eigenvalue weighted by Gasteiger charge is -2.12. The second kappa shape index (κ2) is 46.5. The first-order chi connectivity index (χ1) is 64.0. The Bertz CT molecular complexity index is 6740. The molecule has 0 radical (unpaired) electrons. The minimum Gasteiger partial charge on any atom is -0.0613 e. The molecule has 0 atom stereocenters. The van der Waals surface area contributed by atoms with Gasteiger partial charge in [0.1, 0.15) is 0 Å². The monoisotopic (exact) mass is 1720 g/mol. The van der Waals surface area contributed by atoms with Crippen molar-refractivity contribution in [2.75, 3.05) is 0 Å². The van der Waals surface area contributed by atoms with E-state index in [1.54, 1.807) is 0 Å². The van der Waals surface area contributed by atoms with Crippen molar-refractivity contribution in [1.29, 1.82) is 0 Å². The fraction of sp³-hybridized carbons (Fsp3) is 0.182. The van der Waals surface area contributed by atoms with Crippen LogP contribution in [0.2, 0.25) is 0 Å². The molecule has 0 aliphatic heterocycles. The van der Waals surface area contributed by atoms with E-state index in [0.717, 1.165) is 38.5 Å². The second-order valence-electron chi connectivity index (χ2n) is 35.7. The van der Waals surface area contributed by atoms with E-state index in [0.29, 0.717) is 0 Å². The van der Waals surface area contributed by atoms with Crippen LogP contribution in [0.5, 0.6) is 0 Å². The van der Waals surface area contributed by atoms with Crippen molar-refractivity contribution in [3.05, 3.63) is 501 Å². The molecule has 0 heteroatoms. The molecule has 0 amide bonds. The normalized spacial score (nSPS) is 10.7. The topological polar surface area (TPSA) is 0 Å². The largest absolute Gasteiger partial charge is 0.0613 e. The highest BCUT2D eigenvalue weighted by atomic mass is 14.2. The maximum absolute atomic E-state index is 2.34. The molecule has 0 bridgehead atoms.